The van der Waals surface area contributed by atoms with Gasteiger partial charge in [-0.1, -0.05) is 12.1 Å². The van der Waals surface area contributed by atoms with E-state index in [9.17, 15) is 18.8 Å². The van der Waals surface area contributed by atoms with Crippen LogP contribution in [0.15, 0.2) is 36.4 Å². The summed E-state index contributed by atoms with van der Waals surface area (Å²) in [4.78, 5) is 36.3. The molecule has 3 amide bonds. The lowest BCUT2D eigenvalue weighted by atomic mass is 10.0. The van der Waals surface area contributed by atoms with Crippen LogP contribution < -0.4 is 16.0 Å². The third kappa shape index (κ3) is 4.68. The number of benzene rings is 2. The van der Waals surface area contributed by atoms with Gasteiger partial charge < -0.3 is 20.7 Å². The number of nitrogens with one attached hydrogen (secondary N) is 3. The molecule has 1 aliphatic carbocycles. The summed E-state index contributed by atoms with van der Waals surface area (Å²) in [5, 5.41) is 8.42. The Balaban J connectivity index is 1.40. The molecular formula is C23H24FN3O4. The number of amides is 3. The summed E-state index contributed by atoms with van der Waals surface area (Å²) in [6.07, 6.45) is 1.86. The Kier molecular flexibility index (Phi) is 5.88. The average Bonchev–Trinajstić information content (AvgIpc) is 3.35. The molecule has 1 aliphatic heterocycles. The normalized spacial score (nSPS) is 19.5. The Morgan fingerprint density at radius 1 is 1.19 bits per heavy atom. The van der Waals surface area contributed by atoms with Gasteiger partial charge in [0.2, 0.25) is 5.91 Å². The molecule has 31 heavy (non-hydrogen) atoms. The van der Waals surface area contributed by atoms with Gasteiger partial charge in [0.25, 0.3) is 5.91 Å². The highest BCUT2D eigenvalue weighted by atomic mass is 19.1. The van der Waals surface area contributed by atoms with Crippen LogP contribution in [0, 0.1) is 12.7 Å². The van der Waals surface area contributed by atoms with E-state index in [1.165, 1.54) is 12.1 Å². The minimum Gasteiger partial charge on any atom is -0.447 e. The second-order valence-corrected chi connectivity index (χ2v) is 7.93. The summed E-state index contributed by atoms with van der Waals surface area (Å²) in [7, 11) is 0. The molecule has 8 heteroatoms. The highest BCUT2D eigenvalue weighted by molar-refractivity contribution is 6.05. The molecule has 0 unspecified atom stereocenters. The highest BCUT2D eigenvalue weighted by Crippen LogP contribution is 2.34. The summed E-state index contributed by atoms with van der Waals surface area (Å²) >= 11 is 0. The first-order chi connectivity index (χ1) is 14.9. The summed E-state index contributed by atoms with van der Waals surface area (Å²) in [5.41, 5.74) is 3.28. The van der Waals surface area contributed by atoms with Crippen molar-refractivity contribution >= 4 is 23.6 Å². The van der Waals surface area contributed by atoms with E-state index in [2.05, 4.69) is 16.0 Å². The van der Waals surface area contributed by atoms with Crippen molar-refractivity contribution in [3.05, 3.63) is 64.5 Å². The molecule has 0 radical (unpaired) electrons. The number of carbonyl (C=O) groups is 3. The predicted molar refractivity (Wildman–Crippen MR) is 112 cm³/mol. The van der Waals surface area contributed by atoms with Crippen molar-refractivity contribution in [1.82, 2.24) is 10.6 Å². The Labute approximate surface area is 179 Å². The van der Waals surface area contributed by atoms with E-state index < -0.39 is 6.09 Å². The Morgan fingerprint density at radius 2 is 2.03 bits per heavy atom. The molecule has 2 atom stereocenters. The molecule has 1 saturated heterocycles. The largest absolute Gasteiger partial charge is 0.447 e. The van der Waals surface area contributed by atoms with Crippen molar-refractivity contribution in [3.8, 4) is 0 Å². The van der Waals surface area contributed by atoms with E-state index in [-0.39, 0.29) is 36.3 Å². The predicted octanol–water partition coefficient (Wildman–Crippen LogP) is 3.38. The number of alkyl carbamates (subject to hydrolysis) is 1. The smallest absolute Gasteiger partial charge is 0.407 e. The number of aryl methyl sites for hydroxylation is 1. The summed E-state index contributed by atoms with van der Waals surface area (Å²) in [5.74, 6) is -0.627. The zero-order valence-electron chi connectivity index (χ0n) is 17.2. The van der Waals surface area contributed by atoms with Crippen molar-refractivity contribution < 1.29 is 23.5 Å². The molecule has 3 N–H and O–H groups in total. The second-order valence-electron chi connectivity index (χ2n) is 7.93. The number of carbonyl (C=O) groups excluding carboxylic acids is 3. The van der Waals surface area contributed by atoms with E-state index in [4.69, 9.17) is 4.74 Å². The minimum absolute atomic E-state index is 0.0275. The molecule has 1 heterocycles. The van der Waals surface area contributed by atoms with Gasteiger partial charge in [0.15, 0.2) is 0 Å². The number of hydrogen-bond acceptors (Lipinski definition) is 4. The van der Waals surface area contributed by atoms with Gasteiger partial charge in [-0.2, -0.15) is 0 Å². The van der Waals surface area contributed by atoms with E-state index in [0.717, 1.165) is 11.1 Å². The highest BCUT2D eigenvalue weighted by Gasteiger charge is 2.29. The lowest BCUT2D eigenvalue weighted by Gasteiger charge is -2.16. The van der Waals surface area contributed by atoms with E-state index in [1.807, 2.05) is 6.07 Å². The van der Waals surface area contributed by atoms with Crippen molar-refractivity contribution in [3.63, 3.8) is 0 Å². The molecule has 2 aromatic carbocycles. The number of hydrogen-bond donors (Lipinski definition) is 3. The van der Waals surface area contributed by atoms with Gasteiger partial charge in [0.1, 0.15) is 12.4 Å². The first kappa shape index (κ1) is 20.8. The Morgan fingerprint density at radius 3 is 2.77 bits per heavy atom. The first-order valence-corrected chi connectivity index (χ1v) is 10.3. The second kappa shape index (κ2) is 8.75. The third-order valence-corrected chi connectivity index (χ3v) is 5.72. The van der Waals surface area contributed by atoms with Gasteiger partial charge in [0.05, 0.1) is 12.1 Å². The zero-order valence-corrected chi connectivity index (χ0v) is 17.2. The zero-order chi connectivity index (χ0) is 22.0. The number of rotatable bonds is 5. The fraction of sp³-hybridized carbons (Fsp3) is 0.348. The summed E-state index contributed by atoms with van der Waals surface area (Å²) in [6, 6.07) is 9.46. The monoisotopic (exact) mass is 425 g/mol. The molecule has 2 aromatic rings. The number of fused-ring (bicyclic) bond motifs is 1. The number of ether oxygens (including phenoxy) is 1. The SMILES string of the molecule is Cc1cc(NC(=O)c2cccc3c2CC[C@@H]3NC(=O)OC[C@H]2CCC(=O)N2)ccc1F. The van der Waals surface area contributed by atoms with Gasteiger partial charge in [-0.05, 0) is 67.1 Å². The maximum atomic E-state index is 13.5. The van der Waals surface area contributed by atoms with Crippen LogP contribution in [0.2, 0.25) is 0 Å². The van der Waals surface area contributed by atoms with Crippen LogP contribution in [-0.2, 0) is 16.0 Å². The van der Waals surface area contributed by atoms with Crippen molar-refractivity contribution in [2.24, 2.45) is 0 Å². The van der Waals surface area contributed by atoms with Crippen molar-refractivity contribution in [1.29, 1.82) is 0 Å². The standard InChI is InChI=1S/C23H24FN3O4/c1-13-11-14(5-8-19(13)24)26-22(29)18-4-2-3-17-16(18)7-9-20(17)27-23(30)31-12-15-6-10-21(28)25-15/h2-5,8,11,15,20H,6-7,9-10,12H2,1H3,(H,25,28)(H,26,29)(H,27,30)/t15-,20+/m1/s1. The van der Waals surface area contributed by atoms with E-state index >= 15 is 0 Å². The van der Waals surface area contributed by atoms with Gasteiger partial charge in [-0.15, -0.1) is 0 Å². The molecule has 0 spiro atoms. The lowest BCUT2D eigenvalue weighted by Crippen LogP contribution is -2.34. The summed E-state index contributed by atoms with van der Waals surface area (Å²) in [6.45, 7) is 1.78. The Hall–Kier alpha value is -3.42. The quantitative estimate of drug-likeness (QED) is 0.684. The molecule has 2 aliphatic rings. The van der Waals surface area contributed by atoms with E-state index in [0.29, 0.717) is 42.5 Å². The molecule has 162 valence electrons. The van der Waals surface area contributed by atoms with Gasteiger partial charge in [0, 0.05) is 17.7 Å². The minimum atomic E-state index is -0.546. The molecule has 0 saturated carbocycles. The maximum absolute atomic E-state index is 13.5. The summed E-state index contributed by atoms with van der Waals surface area (Å²) < 4.78 is 18.7. The number of halogens is 1. The van der Waals surface area contributed by atoms with Crippen LogP contribution in [0.25, 0.3) is 0 Å². The van der Waals surface area contributed by atoms with Crippen molar-refractivity contribution in [2.75, 3.05) is 11.9 Å². The van der Waals surface area contributed by atoms with Crippen LogP contribution in [0.4, 0.5) is 14.9 Å². The van der Waals surface area contributed by atoms with Crippen LogP contribution in [-0.4, -0.2) is 30.6 Å². The third-order valence-electron chi connectivity index (χ3n) is 5.72. The van der Waals surface area contributed by atoms with Crippen LogP contribution in [0.3, 0.4) is 0 Å². The lowest BCUT2D eigenvalue weighted by molar-refractivity contribution is -0.119. The fourth-order valence-electron chi connectivity index (χ4n) is 4.10. The fourth-order valence-corrected chi connectivity index (χ4v) is 4.10. The number of anilines is 1. The van der Waals surface area contributed by atoms with Crippen molar-refractivity contribution in [2.45, 2.75) is 44.7 Å². The van der Waals surface area contributed by atoms with Crippen LogP contribution in [0.5, 0.6) is 0 Å². The van der Waals surface area contributed by atoms with Gasteiger partial charge in [-0.3, -0.25) is 9.59 Å². The molecular weight excluding hydrogens is 401 g/mol. The average molecular weight is 425 g/mol. The maximum Gasteiger partial charge on any atom is 0.407 e. The molecule has 0 bridgehead atoms. The van der Waals surface area contributed by atoms with E-state index in [1.54, 1.807) is 25.1 Å². The first-order valence-electron chi connectivity index (χ1n) is 10.3. The van der Waals surface area contributed by atoms with Gasteiger partial charge in [-0.25, -0.2) is 9.18 Å². The molecule has 0 aromatic heterocycles. The molecule has 7 nitrogen and oxygen atoms in total. The van der Waals surface area contributed by atoms with Gasteiger partial charge >= 0.3 is 6.09 Å². The van der Waals surface area contributed by atoms with Crippen LogP contribution >= 0.6 is 0 Å². The Bertz CT molecular complexity index is 1040. The van der Waals surface area contributed by atoms with Crippen LogP contribution in [0.1, 0.15) is 52.4 Å². The molecule has 4 rings (SSSR count). The molecule has 1 fully saturated rings. The topological polar surface area (TPSA) is 96.5 Å².